The van der Waals surface area contributed by atoms with E-state index in [1.807, 2.05) is 0 Å². The van der Waals surface area contributed by atoms with Crippen molar-refractivity contribution in [2.45, 2.75) is 33.6 Å². The van der Waals surface area contributed by atoms with E-state index in [1.165, 1.54) is 0 Å². The fraction of sp³-hybridized carbons (Fsp3) is 0.750. The number of rotatable bonds is 9. The van der Waals surface area contributed by atoms with Gasteiger partial charge in [0.25, 0.3) is 0 Å². The molecule has 0 aromatic carbocycles. The molecular formula is C12H14BrCl6NaO4. The second-order valence-corrected chi connectivity index (χ2v) is 10.1. The maximum atomic E-state index is 11.1. The van der Waals surface area contributed by atoms with Crippen molar-refractivity contribution in [1.29, 1.82) is 0 Å². The Bertz CT molecular complexity index is 407. The van der Waals surface area contributed by atoms with Gasteiger partial charge in [-0.3, -0.25) is 0 Å². The Kier molecular flexibility index (Phi) is 16.1. The topological polar surface area (TPSA) is 58.6 Å². The summed E-state index contributed by atoms with van der Waals surface area (Å²) < 4.78 is 7.30. The van der Waals surface area contributed by atoms with E-state index >= 15 is 0 Å². The van der Waals surface area contributed by atoms with Crippen LogP contribution in [-0.2, 0) is 14.3 Å². The molecule has 0 radical (unpaired) electrons. The van der Waals surface area contributed by atoms with Gasteiger partial charge < -0.3 is 19.4 Å². The van der Waals surface area contributed by atoms with Crippen molar-refractivity contribution in [2.75, 3.05) is 18.5 Å². The first-order valence-corrected chi connectivity index (χ1v) is 9.57. The third-order valence-electron chi connectivity index (χ3n) is 2.46. The van der Waals surface area contributed by atoms with E-state index in [9.17, 15) is 9.90 Å². The average Bonchev–Trinajstić information content (AvgIpc) is 2.38. The van der Waals surface area contributed by atoms with Crippen molar-refractivity contribution in [3.63, 3.8) is 0 Å². The Labute approximate surface area is 201 Å². The number of aliphatic carboxylic acids is 1. The summed E-state index contributed by atoms with van der Waals surface area (Å²) in [6.45, 7) is 1.12. The smallest absolute Gasteiger partial charge is 0.545 e. The summed E-state index contributed by atoms with van der Waals surface area (Å²) in [6.07, 6.45) is -0.655. The van der Waals surface area contributed by atoms with Crippen molar-refractivity contribution < 1.29 is 48.9 Å². The van der Waals surface area contributed by atoms with Crippen LogP contribution >= 0.6 is 85.5 Å². The minimum Gasteiger partial charge on any atom is -0.545 e. The number of ether oxygens (including phenoxy) is 2. The van der Waals surface area contributed by atoms with Crippen LogP contribution in [0.1, 0.15) is 19.8 Å². The molecule has 12 heteroatoms. The van der Waals surface area contributed by atoms with E-state index in [1.54, 1.807) is 6.92 Å². The normalized spacial score (nSPS) is 13.5. The van der Waals surface area contributed by atoms with Gasteiger partial charge in [0, 0.05) is 11.8 Å². The van der Waals surface area contributed by atoms with E-state index in [-0.39, 0.29) is 61.2 Å². The molecule has 0 saturated heterocycles. The van der Waals surface area contributed by atoms with Crippen LogP contribution in [0.3, 0.4) is 0 Å². The number of hydrogen-bond acceptors (Lipinski definition) is 4. The summed E-state index contributed by atoms with van der Waals surface area (Å²) >= 11 is 36.8. The first-order chi connectivity index (χ1) is 10.4. The minimum absolute atomic E-state index is 0. The van der Waals surface area contributed by atoms with E-state index in [4.69, 9.17) is 79.1 Å². The second kappa shape index (κ2) is 13.5. The van der Waals surface area contributed by atoms with E-state index in [0.717, 1.165) is 0 Å². The summed E-state index contributed by atoms with van der Waals surface area (Å²) in [4.78, 5) is 11.1. The summed E-state index contributed by atoms with van der Waals surface area (Å²) in [5, 5.41) is 11.5. The van der Waals surface area contributed by atoms with E-state index in [0.29, 0.717) is 10.9 Å². The first kappa shape index (κ1) is 28.6. The van der Waals surface area contributed by atoms with Gasteiger partial charge in [-0.05, 0) is 18.9 Å². The quantitative estimate of drug-likeness (QED) is 0.193. The largest absolute Gasteiger partial charge is 1.00 e. The van der Waals surface area contributed by atoms with E-state index < -0.39 is 19.8 Å². The zero-order chi connectivity index (χ0) is 18.3. The Morgan fingerprint density at radius 2 is 1.50 bits per heavy atom. The molecule has 0 aliphatic rings. The number of carbonyl (C=O) groups is 1. The maximum absolute atomic E-state index is 11.1. The van der Waals surface area contributed by atoms with Crippen LogP contribution in [0.2, 0.25) is 0 Å². The summed E-state index contributed by atoms with van der Waals surface area (Å²) in [5.41, 5.74) is 0.744. The molecule has 4 nitrogen and oxygen atoms in total. The van der Waals surface area contributed by atoms with Crippen LogP contribution < -0.4 is 34.7 Å². The van der Waals surface area contributed by atoms with Gasteiger partial charge >= 0.3 is 29.6 Å². The molecule has 0 aromatic rings. The van der Waals surface area contributed by atoms with Gasteiger partial charge in [0.1, 0.15) is 0 Å². The minimum atomic E-state index is -1.65. The summed E-state index contributed by atoms with van der Waals surface area (Å²) in [5.74, 6) is -1.27. The van der Waals surface area contributed by atoms with Crippen molar-refractivity contribution in [2.24, 2.45) is 0 Å². The number of alkyl halides is 7. The number of hydrogen-bond donors (Lipinski definition) is 0. The van der Waals surface area contributed by atoms with Crippen molar-refractivity contribution in [1.82, 2.24) is 0 Å². The number of allylic oxidation sites excluding steroid dienone is 1. The average molecular weight is 538 g/mol. The fourth-order valence-corrected chi connectivity index (χ4v) is 2.14. The summed E-state index contributed by atoms with van der Waals surface area (Å²) in [6, 6.07) is 0. The molecule has 0 spiro atoms. The van der Waals surface area contributed by atoms with Gasteiger partial charge in [-0.15, -0.1) is 0 Å². The molecule has 136 valence electrons. The molecule has 0 N–H and O–H groups in total. The van der Waals surface area contributed by atoms with Crippen molar-refractivity contribution >= 4 is 91.5 Å². The molecule has 0 atom stereocenters. The SMILES string of the molecule is C/C(CBr)=C(\CCC(OCC(Cl)(Cl)Cl)OCC(Cl)(Cl)Cl)C(=O)[O-].[Na+]. The van der Waals surface area contributed by atoms with Crippen LogP contribution in [-0.4, -0.2) is 38.4 Å². The van der Waals surface area contributed by atoms with Gasteiger partial charge in [-0.25, -0.2) is 0 Å². The zero-order valence-corrected chi connectivity index (χ0v) is 21.0. The first-order valence-electron chi connectivity index (χ1n) is 6.18. The molecule has 0 rings (SSSR count). The fourth-order valence-electron chi connectivity index (χ4n) is 1.42. The molecule has 0 unspecified atom stereocenters. The van der Waals surface area contributed by atoms with Gasteiger partial charge in [-0.2, -0.15) is 0 Å². The maximum Gasteiger partial charge on any atom is 1.00 e. The molecule has 0 saturated carbocycles. The van der Waals surface area contributed by atoms with Crippen molar-refractivity contribution in [3.05, 3.63) is 11.1 Å². The number of halogens is 7. The van der Waals surface area contributed by atoms with E-state index in [2.05, 4.69) is 15.9 Å². The zero-order valence-electron chi connectivity index (χ0n) is 12.9. The van der Waals surface area contributed by atoms with Crippen LogP contribution in [0, 0.1) is 0 Å². The molecule has 24 heavy (non-hydrogen) atoms. The molecule has 0 aliphatic carbocycles. The molecular weight excluding hydrogens is 524 g/mol. The van der Waals surface area contributed by atoms with Crippen LogP contribution in [0.25, 0.3) is 0 Å². The Balaban J connectivity index is 0. The number of carboxylic acid groups (broad SMARTS) is 1. The molecule has 0 fully saturated rings. The van der Waals surface area contributed by atoms with Gasteiger partial charge in [0.05, 0.1) is 19.2 Å². The third kappa shape index (κ3) is 15.4. The van der Waals surface area contributed by atoms with Gasteiger partial charge in [-0.1, -0.05) is 91.1 Å². The Hall–Kier alpha value is 2.35. The van der Waals surface area contributed by atoms with Gasteiger partial charge in [0.2, 0.25) is 7.59 Å². The third-order valence-corrected chi connectivity index (χ3v) is 3.95. The van der Waals surface area contributed by atoms with Crippen LogP contribution in [0.15, 0.2) is 11.1 Å². The Morgan fingerprint density at radius 1 is 1.08 bits per heavy atom. The van der Waals surface area contributed by atoms with Gasteiger partial charge in [0.15, 0.2) is 6.29 Å². The molecule has 0 aromatic heterocycles. The number of carbonyl (C=O) groups excluding carboxylic acids is 1. The van der Waals surface area contributed by atoms with Crippen LogP contribution in [0.5, 0.6) is 0 Å². The second-order valence-electron chi connectivity index (χ2n) is 4.50. The molecule has 0 amide bonds. The monoisotopic (exact) mass is 534 g/mol. The Morgan fingerprint density at radius 3 is 1.79 bits per heavy atom. The number of carboxylic acids is 1. The molecule has 0 bridgehead atoms. The predicted molar refractivity (Wildman–Crippen MR) is 97.0 cm³/mol. The molecule has 0 heterocycles. The molecule has 0 aliphatic heterocycles. The standard InChI is InChI=1S/C12H15BrCl6O4.Na/c1-7(4-13)8(10(20)21)2-3-9(22-5-11(14,15)16)23-6-12(17,18)19;/h9H,2-6H2,1H3,(H,20,21);/q;+1/p-1/b8-7-;. The summed E-state index contributed by atoms with van der Waals surface area (Å²) in [7, 11) is 0. The van der Waals surface area contributed by atoms with Crippen LogP contribution in [0.4, 0.5) is 0 Å². The predicted octanol–water partition coefficient (Wildman–Crippen LogP) is 1.33. The van der Waals surface area contributed by atoms with Crippen molar-refractivity contribution in [3.8, 4) is 0 Å².